The van der Waals surface area contributed by atoms with Gasteiger partial charge >= 0.3 is 6.03 Å². The van der Waals surface area contributed by atoms with Crippen molar-refractivity contribution in [1.29, 1.82) is 0 Å². The van der Waals surface area contributed by atoms with Crippen LogP contribution in [-0.4, -0.2) is 11.0 Å². The molecule has 0 spiro atoms. The molecule has 0 bridgehead atoms. The number of carbonyl (C=O) groups is 1. The number of urea groups is 1. The van der Waals surface area contributed by atoms with Gasteiger partial charge in [-0.25, -0.2) is 14.2 Å². The van der Waals surface area contributed by atoms with Gasteiger partial charge in [0.1, 0.15) is 11.6 Å². The van der Waals surface area contributed by atoms with Gasteiger partial charge in [-0.05, 0) is 23.3 Å². The predicted octanol–water partition coefficient (Wildman–Crippen LogP) is 4.01. The molecule has 0 aliphatic carbocycles. The minimum atomic E-state index is -0.371. The van der Waals surface area contributed by atoms with Gasteiger partial charge in [0.05, 0.1) is 0 Å². The molecule has 6 heteroatoms. The van der Waals surface area contributed by atoms with Gasteiger partial charge in [-0.1, -0.05) is 42.5 Å². The Labute approximate surface area is 150 Å². The number of nitrogens with zero attached hydrogens (tertiary/aromatic N) is 1. The van der Waals surface area contributed by atoms with Crippen LogP contribution in [0.25, 0.3) is 0 Å². The molecule has 0 saturated carbocycles. The fourth-order valence-corrected chi connectivity index (χ4v) is 2.25. The summed E-state index contributed by atoms with van der Waals surface area (Å²) in [5.74, 6) is 0.362. The van der Waals surface area contributed by atoms with Gasteiger partial charge < -0.3 is 15.4 Å². The summed E-state index contributed by atoms with van der Waals surface area (Å²) in [6.07, 6.45) is 1.60. The van der Waals surface area contributed by atoms with Gasteiger partial charge in [0.15, 0.2) is 0 Å². The molecule has 1 heterocycles. The number of pyridine rings is 1. The van der Waals surface area contributed by atoms with Crippen molar-refractivity contribution in [2.24, 2.45) is 0 Å². The van der Waals surface area contributed by atoms with E-state index in [4.69, 9.17) is 4.74 Å². The van der Waals surface area contributed by atoms with Crippen LogP contribution in [0.3, 0.4) is 0 Å². The highest BCUT2D eigenvalue weighted by Crippen LogP contribution is 2.19. The van der Waals surface area contributed by atoms with Crippen molar-refractivity contribution in [3.63, 3.8) is 0 Å². The number of rotatable bonds is 6. The third kappa shape index (κ3) is 5.31. The van der Waals surface area contributed by atoms with E-state index in [0.29, 0.717) is 24.7 Å². The number of benzene rings is 2. The third-order valence-corrected chi connectivity index (χ3v) is 3.57. The molecule has 0 aliphatic rings. The molecule has 5 nitrogen and oxygen atoms in total. The van der Waals surface area contributed by atoms with Crippen LogP contribution in [0.5, 0.6) is 11.6 Å². The first-order valence-corrected chi connectivity index (χ1v) is 8.13. The zero-order chi connectivity index (χ0) is 18.2. The molecule has 26 heavy (non-hydrogen) atoms. The van der Waals surface area contributed by atoms with Crippen LogP contribution in [0.1, 0.15) is 11.1 Å². The molecule has 3 rings (SSSR count). The fraction of sp³-hybridized carbons (Fsp3) is 0.100. The van der Waals surface area contributed by atoms with Crippen LogP contribution in [0.4, 0.5) is 9.18 Å². The van der Waals surface area contributed by atoms with Gasteiger partial charge in [0.25, 0.3) is 0 Å². The molecule has 0 unspecified atom stereocenters. The first-order valence-electron chi connectivity index (χ1n) is 8.13. The first kappa shape index (κ1) is 17.4. The Balaban J connectivity index is 1.46. The molecule has 0 saturated heterocycles. The second-order valence-corrected chi connectivity index (χ2v) is 5.59. The number of aromatic nitrogens is 1. The SMILES string of the molecule is O=C(NCc1ccccc1)NCc1ccc(Oc2cccc(F)c2)nc1. The smallest absolute Gasteiger partial charge is 0.315 e. The lowest BCUT2D eigenvalue weighted by molar-refractivity contribution is 0.240. The quantitative estimate of drug-likeness (QED) is 0.705. The van der Waals surface area contributed by atoms with E-state index in [1.165, 1.54) is 12.1 Å². The molecule has 0 atom stereocenters. The maximum absolute atomic E-state index is 13.1. The molecule has 2 N–H and O–H groups in total. The van der Waals surface area contributed by atoms with Crippen LogP contribution in [0.2, 0.25) is 0 Å². The van der Waals surface area contributed by atoms with Gasteiger partial charge in [0.2, 0.25) is 5.88 Å². The Bertz CT molecular complexity index is 854. The van der Waals surface area contributed by atoms with Crippen molar-refractivity contribution in [3.8, 4) is 11.6 Å². The summed E-state index contributed by atoms with van der Waals surface area (Å²) in [5.41, 5.74) is 1.86. The molecule has 2 amide bonds. The lowest BCUT2D eigenvalue weighted by Gasteiger charge is -2.08. The summed E-state index contributed by atoms with van der Waals surface area (Å²) in [7, 11) is 0. The van der Waals surface area contributed by atoms with Gasteiger partial charge in [-0.3, -0.25) is 0 Å². The number of nitrogens with one attached hydrogen (secondary N) is 2. The van der Waals surface area contributed by atoms with E-state index in [9.17, 15) is 9.18 Å². The second kappa shape index (κ2) is 8.62. The highest BCUT2D eigenvalue weighted by molar-refractivity contribution is 5.73. The van der Waals surface area contributed by atoms with E-state index >= 15 is 0 Å². The lowest BCUT2D eigenvalue weighted by atomic mass is 10.2. The fourth-order valence-electron chi connectivity index (χ4n) is 2.25. The Morgan fingerprint density at radius 1 is 0.923 bits per heavy atom. The number of ether oxygens (including phenoxy) is 1. The zero-order valence-corrected chi connectivity index (χ0v) is 14.0. The summed E-state index contributed by atoms with van der Waals surface area (Å²) in [4.78, 5) is 16.0. The van der Waals surface area contributed by atoms with Gasteiger partial charge in [-0.2, -0.15) is 0 Å². The van der Waals surface area contributed by atoms with E-state index in [2.05, 4.69) is 15.6 Å². The number of carbonyl (C=O) groups excluding carboxylic acids is 1. The first-order chi connectivity index (χ1) is 12.7. The molecule has 132 valence electrons. The van der Waals surface area contributed by atoms with Crippen LogP contribution < -0.4 is 15.4 Å². The van der Waals surface area contributed by atoms with E-state index in [0.717, 1.165) is 11.1 Å². The zero-order valence-electron chi connectivity index (χ0n) is 14.0. The van der Waals surface area contributed by atoms with Crippen LogP contribution in [-0.2, 0) is 13.1 Å². The van der Waals surface area contributed by atoms with E-state index in [-0.39, 0.29) is 11.8 Å². The van der Waals surface area contributed by atoms with E-state index < -0.39 is 0 Å². The number of hydrogen-bond donors (Lipinski definition) is 2. The summed E-state index contributed by atoms with van der Waals surface area (Å²) in [6.45, 7) is 0.805. The van der Waals surface area contributed by atoms with E-state index in [1.54, 1.807) is 30.5 Å². The van der Waals surface area contributed by atoms with Crippen molar-refractivity contribution >= 4 is 6.03 Å². The molecule has 0 radical (unpaired) electrons. The second-order valence-electron chi connectivity index (χ2n) is 5.59. The lowest BCUT2D eigenvalue weighted by Crippen LogP contribution is -2.34. The largest absolute Gasteiger partial charge is 0.439 e. The van der Waals surface area contributed by atoms with Crippen LogP contribution in [0, 0.1) is 5.82 Å². The highest BCUT2D eigenvalue weighted by atomic mass is 19.1. The number of hydrogen-bond acceptors (Lipinski definition) is 3. The van der Waals surface area contributed by atoms with Crippen molar-refractivity contribution in [3.05, 3.63) is 89.9 Å². The number of halogens is 1. The average molecular weight is 351 g/mol. The summed E-state index contributed by atoms with van der Waals surface area (Å²) in [6, 6.07) is 18.7. The van der Waals surface area contributed by atoms with Crippen LogP contribution in [0.15, 0.2) is 72.9 Å². The van der Waals surface area contributed by atoms with Gasteiger partial charge in [0, 0.05) is 31.4 Å². The van der Waals surface area contributed by atoms with Crippen molar-refractivity contribution in [2.75, 3.05) is 0 Å². The molecule has 2 aromatic carbocycles. The van der Waals surface area contributed by atoms with E-state index in [1.807, 2.05) is 30.3 Å². The molecule has 1 aromatic heterocycles. The Kier molecular flexibility index (Phi) is 5.77. The normalized spacial score (nSPS) is 10.2. The standard InChI is InChI=1S/C20H18FN3O2/c21-17-7-4-8-18(11-17)26-19-10-9-16(13-22-19)14-24-20(25)23-12-15-5-2-1-3-6-15/h1-11,13H,12,14H2,(H2,23,24,25). The highest BCUT2D eigenvalue weighted by Gasteiger charge is 2.03. The minimum Gasteiger partial charge on any atom is -0.439 e. The molecule has 3 aromatic rings. The predicted molar refractivity (Wildman–Crippen MR) is 96.2 cm³/mol. The Morgan fingerprint density at radius 2 is 1.69 bits per heavy atom. The molecular weight excluding hydrogens is 333 g/mol. The van der Waals surface area contributed by atoms with Crippen molar-refractivity contribution in [2.45, 2.75) is 13.1 Å². The Morgan fingerprint density at radius 3 is 2.38 bits per heavy atom. The van der Waals surface area contributed by atoms with Crippen LogP contribution >= 0.6 is 0 Å². The Hall–Kier alpha value is -3.41. The summed E-state index contributed by atoms with van der Waals surface area (Å²) < 4.78 is 18.6. The molecule has 0 aliphatic heterocycles. The third-order valence-electron chi connectivity index (χ3n) is 3.57. The molecule has 0 fully saturated rings. The van der Waals surface area contributed by atoms with Crippen molar-refractivity contribution < 1.29 is 13.9 Å². The minimum absolute atomic E-state index is 0.256. The average Bonchev–Trinajstić information content (AvgIpc) is 2.67. The monoisotopic (exact) mass is 351 g/mol. The topological polar surface area (TPSA) is 63.2 Å². The van der Waals surface area contributed by atoms with Gasteiger partial charge in [-0.15, -0.1) is 0 Å². The van der Waals surface area contributed by atoms with Crippen molar-refractivity contribution in [1.82, 2.24) is 15.6 Å². The maximum atomic E-state index is 13.1. The summed E-state index contributed by atoms with van der Waals surface area (Å²) >= 11 is 0. The summed E-state index contributed by atoms with van der Waals surface area (Å²) in [5, 5.41) is 5.55. The molecular formula is C20H18FN3O2. The number of amides is 2. The maximum Gasteiger partial charge on any atom is 0.315 e.